The van der Waals surface area contributed by atoms with E-state index in [1.54, 1.807) is 0 Å². The van der Waals surface area contributed by atoms with Gasteiger partial charge in [-0.05, 0) is 82.7 Å². The molecule has 0 atom stereocenters. The van der Waals surface area contributed by atoms with Crippen LogP contribution in [0.15, 0.2) is 158 Å². The van der Waals surface area contributed by atoms with Crippen molar-refractivity contribution in [3.63, 3.8) is 0 Å². The van der Waals surface area contributed by atoms with Crippen molar-refractivity contribution in [3.05, 3.63) is 175 Å². The summed E-state index contributed by atoms with van der Waals surface area (Å²) in [6.45, 7) is 7.58. The third-order valence-corrected chi connectivity index (χ3v) is 9.32. The van der Waals surface area contributed by atoms with Gasteiger partial charge in [0.2, 0.25) is 0 Å². The Bertz CT molecular complexity index is 2760. The molecule has 0 saturated carbocycles. The van der Waals surface area contributed by atoms with Crippen LogP contribution < -0.4 is 0 Å². The largest absolute Gasteiger partial charge is 0.309 e. The van der Waals surface area contributed by atoms with E-state index < -0.39 is 0 Å². The maximum absolute atomic E-state index is 10.2. The Hall–Kier alpha value is -6.88. The minimum absolute atomic E-state index is 0.610. The summed E-state index contributed by atoms with van der Waals surface area (Å²) in [6.07, 6.45) is 0. The molecule has 0 N–H and O–H groups in total. The zero-order valence-electron chi connectivity index (χ0n) is 25.8. The van der Waals surface area contributed by atoms with E-state index in [9.17, 15) is 5.26 Å². The first-order chi connectivity index (χ1) is 23.7. The van der Waals surface area contributed by atoms with Crippen LogP contribution in [0.5, 0.6) is 0 Å². The van der Waals surface area contributed by atoms with Crippen LogP contribution in [0.2, 0.25) is 0 Å². The normalized spacial score (nSPS) is 11.3. The Morgan fingerprint density at radius 3 is 1.79 bits per heavy atom. The van der Waals surface area contributed by atoms with Gasteiger partial charge in [0.05, 0.1) is 46.0 Å². The van der Waals surface area contributed by atoms with Crippen LogP contribution in [-0.4, -0.2) is 9.13 Å². The summed E-state index contributed by atoms with van der Waals surface area (Å²) in [5.74, 6) is 0. The van der Waals surface area contributed by atoms with E-state index in [1.807, 2.05) is 24.3 Å². The van der Waals surface area contributed by atoms with Gasteiger partial charge in [-0.25, -0.2) is 4.85 Å². The maximum Gasteiger partial charge on any atom is 0.188 e. The van der Waals surface area contributed by atoms with Crippen LogP contribution in [-0.2, 0) is 0 Å². The van der Waals surface area contributed by atoms with Crippen LogP contribution in [0.25, 0.3) is 82.1 Å². The lowest BCUT2D eigenvalue weighted by Crippen LogP contribution is -1.97. The van der Waals surface area contributed by atoms with E-state index in [4.69, 9.17) is 6.57 Å². The third-order valence-electron chi connectivity index (χ3n) is 9.32. The van der Waals surface area contributed by atoms with Crippen molar-refractivity contribution >= 4 is 49.3 Å². The first kappa shape index (κ1) is 27.4. The van der Waals surface area contributed by atoms with Gasteiger partial charge in [0.25, 0.3) is 0 Å². The fourth-order valence-electron chi connectivity index (χ4n) is 7.24. The quantitative estimate of drug-likeness (QED) is 0.183. The highest BCUT2D eigenvalue weighted by molar-refractivity contribution is 6.11. The summed E-state index contributed by atoms with van der Waals surface area (Å²) in [5.41, 5.74) is 11.8. The molecule has 0 unspecified atom stereocenters. The van der Waals surface area contributed by atoms with E-state index in [1.165, 1.54) is 10.8 Å². The summed E-state index contributed by atoms with van der Waals surface area (Å²) in [4.78, 5) is 3.70. The highest BCUT2D eigenvalue weighted by Crippen LogP contribution is 2.39. The standard InChI is InChI=1S/C44H26N4/c1-46-33-21-22-44-39(27-33)38-16-5-9-20-43(38)48(44)40-17-6-2-13-35(40)31-12-10-11-30(25-31)32-23-29(28-45)24-34(26-32)47-41-18-7-3-14-36(41)37-15-4-8-19-42(37)47/h2-27H. The molecule has 4 heteroatoms. The molecule has 2 heterocycles. The second kappa shape index (κ2) is 10.9. The number of hydrogen-bond donors (Lipinski definition) is 0. The molecular weight excluding hydrogens is 585 g/mol. The SMILES string of the molecule is [C-]#[N+]c1ccc2c(c1)c1ccccc1n2-c1ccccc1-c1cccc(-c2cc(C#N)cc(-n3c4ccccc4c4ccccc43)c2)c1. The molecule has 0 aliphatic rings. The van der Waals surface area contributed by atoms with Crippen LogP contribution in [0, 0.1) is 17.9 Å². The molecule has 0 saturated heterocycles. The Morgan fingerprint density at radius 1 is 0.479 bits per heavy atom. The van der Waals surface area contributed by atoms with Crippen LogP contribution in [0.4, 0.5) is 5.69 Å². The summed E-state index contributed by atoms with van der Waals surface area (Å²) >= 11 is 0. The molecule has 0 amide bonds. The lowest BCUT2D eigenvalue weighted by Gasteiger charge is -2.15. The number of nitriles is 1. The summed E-state index contributed by atoms with van der Waals surface area (Å²) in [5, 5.41) is 14.7. The lowest BCUT2D eigenvalue weighted by atomic mass is 9.96. The average Bonchev–Trinajstić information content (AvgIpc) is 3.67. The number of rotatable bonds is 4. The Kier molecular flexibility index (Phi) is 6.22. The number of fused-ring (bicyclic) bond motifs is 6. The van der Waals surface area contributed by atoms with Crippen molar-refractivity contribution in [1.82, 2.24) is 9.13 Å². The van der Waals surface area contributed by atoms with Gasteiger partial charge in [0, 0.05) is 27.4 Å². The lowest BCUT2D eigenvalue weighted by molar-refractivity contribution is 1.18. The molecule has 7 aromatic carbocycles. The predicted molar refractivity (Wildman–Crippen MR) is 197 cm³/mol. The average molecular weight is 611 g/mol. The molecule has 9 rings (SSSR count). The van der Waals surface area contributed by atoms with E-state index in [0.29, 0.717) is 11.3 Å². The first-order valence-electron chi connectivity index (χ1n) is 15.9. The highest BCUT2D eigenvalue weighted by atomic mass is 15.0. The molecule has 222 valence electrons. The summed E-state index contributed by atoms with van der Waals surface area (Å²) in [7, 11) is 0. The van der Waals surface area contributed by atoms with E-state index in [0.717, 1.165) is 66.5 Å². The van der Waals surface area contributed by atoms with Crippen LogP contribution in [0.3, 0.4) is 0 Å². The van der Waals surface area contributed by atoms with Gasteiger partial charge in [0.1, 0.15) is 0 Å². The van der Waals surface area contributed by atoms with E-state index in [2.05, 4.69) is 154 Å². The van der Waals surface area contributed by atoms with Gasteiger partial charge < -0.3 is 9.13 Å². The minimum Gasteiger partial charge on any atom is -0.309 e. The zero-order valence-corrected chi connectivity index (χ0v) is 25.8. The fourth-order valence-corrected chi connectivity index (χ4v) is 7.24. The second-order valence-corrected chi connectivity index (χ2v) is 12.0. The minimum atomic E-state index is 0.610. The van der Waals surface area contributed by atoms with Gasteiger partial charge in [-0.1, -0.05) is 97.1 Å². The Balaban J connectivity index is 1.23. The zero-order chi connectivity index (χ0) is 32.2. The maximum atomic E-state index is 10.2. The van der Waals surface area contributed by atoms with Gasteiger partial charge >= 0.3 is 0 Å². The van der Waals surface area contributed by atoms with Crippen LogP contribution >= 0.6 is 0 Å². The number of hydrogen-bond acceptors (Lipinski definition) is 1. The molecule has 9 aromatic rings. The smallest absolute Gasteiger partial charge is 0.188 e. The monoisotopic (exact) mass is 610 g/mol. The van der Waals surface area contributed by atoms with Crippen molar-refractivity contribution in [3.8, 4) is 39.7 Å². The Labute approximate surface area is 277 Å². The fraction of sp³-hybridized carbons (Fsp3) is 0. The molecule has 0 bridgehead atoms. The molecular formula is C44H26N4. The van der Waals surface area contributed by atoms with Crippen LogP contribution in [0.1, 0.15) is 5.56 Å². The summed E-state index contributed by atoms with van der Waals surface area (Å²) < 4.78 is 4.56. The first-order valence-corrected chi connectivity index (χ1v) is 15.9. The molecule has 0 radical (unpaired) electrons. The molecule has 48 heavy (non-hydrogen) atoms. The Morgan fingerprint density at radius 2 is 1.08 bits per heavy atom. The number of aromatic nitrogens is 2. The third kappa shape index (κ3) is 4.22. The number of nitrogens with zero attached hydrogens (tertiary/aromatic N) is 4. The topological polar surface area (TPSA) is 38.0 Å². The molecule has 0 spiro atoms. The van der Waals surface area contributed by atoms with Crippen molar-refractivity contribution in [2.75, 3.05) is 0 Å². The van der Waals surface area contributed by atoms with Gasteiger partial charge in [0.15, 0.2) is 5.69 Å². The highest BCUT2D eigenvalue weighted by Gasteiger charge is 2.17. The van der Waals surface area contributed by atoms with Crippen molar-refractivity contribution < 1.29 is 0 Å². The van der Waals surface area contributed by atoms with Crippen molar-refractivity contribution in [1.29, 1.82) is 5.26 Å². The molecule has 0 aliphatic heterocycles. The number of benzene rings is 7. The molecule has 2 aromatic heterocycles. The van der Waals surface area contributed by atoms with Crippen molar-refractivity contribution in [2.45, 2.75) is 0 Å². The van der Waals surface area contributed by atoms with Gasteiger partial charge in [-0.15, -0.1) is 0 Å². The summed E-state index contributed by atoms with van der Waals surface area (Å²) in [6, 6.07) is 56.8. The molecule has 0 aliphatic carbocycles. The van der Waals surface area contributed by atoms with Gasteiger partial charge in [-0.2, -0.15) is 5.26 Å². The van der Waals surface area contributed by atoms with Crippen molar-refractivity contribution in [2.24, 2.45) is 0 Å². The predicted octanol–water partition coefficient (Wildman–Crippen LogP) is 11.6. The van der Waals surface area contributed by atoms with Gasteiger partial charge in [-0.3, -0.25) is 0 Å². The second-order valence-electron chi connectivity index (χ2n) is 12.0. The number of para-hydroxylation sites is 4. The molecule has 4 nitrogen and oxygen atoms in total. The molecule has 0 fully saturated rings. The van der Waals surface area contributed by atoms with E-state index in [-0.39, 0.29) is 0 Å². The van der Waals surface area contributed by atoms with E-state index >= 15 is 0 Å².